The van der Waals surface area contributed by atoms with Gasteiger partial charge in [0.05, 0.1) is 4.92 Å². The summed E-state index contributed by atoms with van der Waals surface area (Å²) in [6.45, 7) is 5.33. The number of carbonyl (C=O) groups is 1. The summed E-state index contributed by atoms with van der Waals surface area (Å²) in [5.74, 6) is 0.652. The third kappa shape index (κ3) is 3.26. The highest BCUT2D eigenvalue weighted by Gasteiger charge is 2.21. The minimum absolute atomic E-state index is 0.0232. The predicted octanol–water partition coefficient (Wildman–Crippen LogP) is 3.17. The van der Waals surface area contributed by atoms with Crippen molar-refractivity contribution in [2.45, 2.75) is 26.7 Å². The van der Waals surface area contributed by atoms with E-state index in [0.717, 1.165) is 25.9 Å². The number of nitrogens with one attached hydrogen (secondary N) is 1. The van der Waals surface area contributed by atoms with E-state index in [1.54, 1.807) is 24.0 Å². The van der Waals surface area contributed by atoms with E-state index in [0.29, 0.717) is 17.2 Å². The highest BCUT2D eigenvalue weighted by Crippen LogP contribution is 2.23. The van der Waals surface area contributed by atoms with Gasteiger partial charge in [0.1, 0.15) is 0 Å². The van der Waals surface area contributed by atoms with Crippen LogP contribution in [0.25, 0.3) is 0 Å². The Morgan fingerprint density at radius 2 is 2.05 bits per heavy atom. The Labute approximate surface area is 117 Å². The fourth-order valence-corrected chi connectivity index (χ4v) is 2.30. The number of aryl methyl sites for hydroxylation is 1. The van der Waals surface area contributed by atoms with Crippen LogP contribution in [0.4, 0.5) is 16.2 Å². The minimum Gasteiger partial charge on any atom is -0.325 e. The largest absolute Gasteiger partial charge is 0.325 e. The highest BCUT2D eigenvalue weighted by molar-refractivity contribution is 5.89. The predicted molar refractivity (Wildman–Crippen MR) is 76.8 cm³/mol. The van der Waals surface area contributed by atoms with Crippen LogP contribution in [0.5, 0.6) is 0 Å². The summed E-state index contributed by atoms with van der Waals surface area (Å²) in [7, 11) is 0. The van der Waals surface area contributed by atoms with Crippen molar-refractivity contribution >= 4 is 17.4 Å². The van der Waals surface area contributed by atoms with Gasteiger partial charge in [0.2, 0.25) is 0 Å². The molecule has 6 nitrogen and oxygen atoms in total. The lowest BCUT2D eigenvalue weighted by atomic mass is 10.00. The van der Waals surface area contributed by atoms with Gasteiger partial charge in [-0.25, -0.2) is 4.79 Å². The molecule has 6 heteroatoms. The van der Waals surface area contributed by atoms with Crippen molar-refractivity contribution in [3.05, 3.63) is 33.9 Å². The van der Waals surface area contributed by atoms with Gasteiger partial charge in [0, 0.05) is 30.4 Å². The molecule has 1 N–H and O–H groups in total. The number of nitrogens with zero attached hydrogens (tertiary/aromatic N) is 2. The summed E-state index contributed by atoms with van der Waals surface area (Å²) < 4.78 is 0. The minimum atomic E-state index is -0.437. The van der Waals surface area contributed by atoms with Crippen LogP contribution >= 0.6 is 0 Å². The highest BCUT2D eigenvalue weighted by atomic mass is 16.6. The SMILES string of the molecule is Cc1ccc(NC(=O)N2CCC(C)CC2)cc1[N+](=O)[O-]. The van der Waals surface area contributed by atoms with Gasteiger partial charge in [-0.1, -0.05) is 13.0 Å². The van der Waals surface area contributed by atoms with E-state index in [4.69, 9.17) is 0 Å². The van der Waals surface area contributed by atoms with Crippen LogP contribution < -0.4 is 5.32 Å². The molecule has 2 amide bonds. The zero-order chi connectivity index (χ0) is 14.7. The van der Waals surface area contributed by atoms with Crippen LogP contribution in [-0.4, -0.2) is 28.9 Å². The topological polar surface area (TPSA) is 75.5 Å². The normalized spacial score (nSPS) is 16.0. The van der Waals surface area contributed by atoms with Crippen LogP contribution in [-0.2, 0) is 0 Å². The number of likely N-dealkylation sites (tertiary alicyclic amines) is 1. The van der Waals surface area contributed by atoms with Gasteiger partial charge in [0.25, 0.3) is 5.69 Å². The standard InChI is InChI=1S/C14H19N3O3/c1-10-5-7-16(8-6-10)14(18)15-12-4-3-11(2)13(9-12)17(19)20/h3-4,9-10H,5-8H2,1-2H3,(H,15,18). The molecule has 2 rings (SSSR count). The number of anilines is 1. The molecule has 0 radical (unpaired) electrons. The Kier molecular flexibility index (Phi) is 4.22. The van der Waals surface area contributed by atoms with Crippen molar-refractivity contribution in [2.75, 3.05) is 18.4 Å². The first-order chi connectivity index (χ1) is 9.47. The van der Waals surface area contributed by atoms with E-state index in [-0.39, 0.29) is 11.7 Å². The zero-order valence-corrected chi connectivity index (χ0v) is 11.8. The smallest absolute Gasteiger partial charge is 0.321 e. The molecular weight excluding hydrogens is 258 g/mol. The Balaban J connectivity index is 2.04. The molecule has 20 heavy (non-hydrogen) atoms. The molecule has 0 atom stereocenters. The molecular formula is C14H19N3O3. The van der Waals surface area contributed by atoms with Crippen LogP contribution in [0, 0.1) is 23.0 Å². The second-order valence-corrected chi connectivity index (χ2v) is 5.36. The molecule has 0 bridgehead atoms. The average Bonchev–Trinajstić information content (AvgIpc) is 2.41. The van der Waals surface area contributed by atoms with Crippen LogP contribution in [0.3, 0.4) is 0 Å². The molecule has 0 spiro atoms. The summed E-state index contributed by atoms with van der Waals surface area (Å²) in [6.07, 6.45) is 2.00. The maximum Gasteiger partial charge on any atom is 0.321 e. The van der Waals surface area contributed by atoms with Gasteiger partial charge in [-0.05, 0) is 31.7 Å². The lowest BCUT2D eigenvalue weighted by Crippen LogP contribution is -2.40. The number of nitro benzene ring substituents is 1. The van der Waals surface area contributed by atoms with E-state index in [1.807, 2.05) is 0 Å². The number of carbonyl (C=O) groups excluding carboxylic acids is 1. The Morgan fingerprint density at radius 1 is 1.40 bits per heavy atom. The monoisotopic (exact) mass is 277 g/mol. The third-order valence-electron chi connectivity index (χ3n) is 3.73. The number of nitro groups is 1. The number of amides is 2. The molecule has 1 aromatic carbocycles. The summed E-state index contributed by atoms with van der Waals surface area (Å²) in [4.78, 5) is 24.3. The number of piperidine rings is 1. The molecule has 1 aliphatic rings. The summed E-state index contributed by atoms with van der Waals surface area (Å²) in [5, 5.41) is 13.6. The summed E-state index contributed by atoms with van der Waals surface area (Å²) in [6, 6.07) is 4.55. The molecule has 0 aromatic heterocycles. The fraction of sp³-hybridized carbons (Fsp3) is 0.500. The second kappa shape index (κ2) is 5.90. The van der Waals surface area contributed by atoms with Gasteiger partial charge in [-0.3, -0.25) is 10.1 Å². The second-order valence-electron chi connectivity index (χ2n) is 5.36. The molecule has 1 fully saturated rings. The van der Waals surface area contributed by atoms with E-state index in [1.165, 1.54) is 6.07 Å². The molecule has 108 valence electrons. The maximum atomic E-state index is 12.1. The van der Waals surface area contributed by atoms with E-state index in [2.05, 4.69) is 12.2 Å². The molecule has 1 aromatic rings. The molecule has 1 heterocycles. The maximum absolute atomic E-state index is 12.1. The molecule has 0 unspecified atom stereocenters. The van der Waals surface area contributed by atoms with Crippen molar-refractivity contribution in [3.8, 4) is 0 Å². The van der Waals surface area contributed by atoms with Crippen molar-refractivity contribution in [1.82, 2.24) is 4.90 Å². The summed E-state index contributed by atoms with van der Waals surface area (Å²) in [5.41, 5.74) is 1.07. The number of hydrogen-bond donors (Lipinski definition) is 1. The van der Waals surface area contributed by atoms with Crippen LogP contribution in [0.1, 0.15) is 25.3 Å². The Bertz CT molecular complexity index is 522. The van der Waals surface area contributed by atoms with Gasteiger partial charge in [-0.2, -0.15) is 0 Å². The van der Waals surface area contributed by atoms with Gasteiger partial charge >= 0.3 is 6.03 Å². The Hall–Kier alpha value is -2.11. The molecule has 0 aliphatic carbocycles. The number of urea groups is 1. The van der Waals surface area contributed by atoms with Crippen LogP contribution in [0.15, 0.2) is 18.2 Å². The van der Waals surface area contributed by atoms with Crippen molar-refractivity contribution in [1.29, 1.82) is 0 Å². The van der Waals surface area contributed by atoms with Gasteiger partial charge in [-0.15, -0.1) is 0 Å². The number of hydrogen-bond acceptors (Lipinski definition) is 3. The van der Waals surface area contributed by atoms with E-state index in [9.17, 15) is 14.9 Å². The number of rotatable bonds is 2. The van der Waals surface area contributed by atoms with E-state index < -0.39 is 4.92 Å². The first-order valence-electron chi connectivity index (χ1n) is 6.78. The van der Waals surface area contributed by atoms with E-state index >= 15 is 0 Å². The fourth-order valence-electron chi connectivity index (χ4n) is 2.30. The molecule has 0 saturated carbocycles. The third-order valence-corrected chi connectivity index (χ3v) is 3.73. The summed E-state index contributed by atoms with van der Waals surface area (Å²) >= 11 is 0. The number of benzene rings is 1. The lowest BCUT2D eigenvalue weighted by Gasteiger charge is -2.30. The van der Waals surface area contributed by atoms with Crippen LogP contribution in [0.2, 0.25) is 0 Å². The molecule has 1 saturated heterocycles. The first kappa shape index (κ1) is 14.3. The van der Waals surface area contributed by atoms with Gasteiger partial charge in [0.15, 0.2) is 0 Å². The lowest BCUT2D eigenvalue weighted by molar-refractivity contribution is -0.385. The first-order valence-corrected chi connectivity index (χ1v) is 6.78. The quantitative estimate of drug-likeness (QED) is 0.666. The van der Waals surface area contributed by atoms with Crippen molar-refractivity contribution < 1.29 is 9.72 Å². The molecule has 1 aliphatic heterocycles. The van der Waals surface area contributed by atoms with Crippen molar-refractivity contribution in [3.63, 3.8) is 0 Å². The zero-order valence-electron chi connectivity index (χ0n) is 11.8. The Morgan fingerprint density at radius 3 is 2.65 bits per heavy atom. The van der Waals surface area contributed by atoms with Crippen molar-refractivity contribution in [2.24, 2.45) is 5.92 Å². The van der Waals surface area contributed by atoms with Gasteiger partial charge < -0.3 is 10.2 Å². The average molecular weight is 277 g/mol.